The van der Waals surface area contributed by atoms with Gasteiger partial charge in [0.1, 0.15) is 17.0 Å². The lowest BCUT2D eigenvalue weighted by molar-refractivity contribution is 0.0995. The summed E-state index contributed by atoms with van der Waals surface area (Å²) in [6, 6.07) is 8.36. The molecule has 0 bridgehead atoms. The van der Waals surface area contributed by atoms with Crippen molar-refractivity contribution in [3.8, 4) is 11.3 Å². The lowest BCUT2D eigenvalue weighted by atomic mass is 9.94. The summed E-state index contributed by atoms with van der Waals surface area (Å²) in [4.78, 5) is 17.1. The fourth-order valence-corrected chi connectivity index (χ4v) is 3.82. The number of imidazole rings is 1. The SMILES string of the molecule is CCC(CC)c1cc(C)c2nc(-c3ccc(C)cc3C)c(C(N)=O)n2c1. The predicted molar refractivity (Wildman–Crippen MR) is 107 cm³/mol. The molecule has 0 aliphatic carbocycles. The van der Waals surface area contributed by atoms with Crippen molar-refractivity contribution in [2.75, 3.05) is 0 Å². The molecule has 0 saturated heterocycles. The minimum absolute atomic E-state index is 0.450. The van der Waals surface area contributed by atoms with Gasteiger partial charge in [-0.15, -0.1) is 0 Å². The first-order valence-electron chi connectivity index (χ1n) is 9.27. The van der Waals surface area contributed by atoms with E-state index in [1.807, 2.05) is 36.6 Å². The highest BCUT2D eigenvalue weighted by molar-refractivity contribution is 5.99. The normalized spacial score (nSPS) is 11.5. The second-order valence-corrected chi connectivity index (χ2v) is 7.16. The summed E-state index contributed by atoms with van der Waals surface area (Å²) >= 11 is 0. The molecule has 136 valence electrons. The van der Waals surface area contributed by atoms with Gasteiger partial charge in [0.25, 0.3) is 5.91 Å². The van der Waals surface area contributed by atoms with Crippen molar-refractivity contribution in [3.63, 3.8) is 0 Å². The zero-order valence-electron chi connectivity index (χ0n) is 16.3. The van der Waals surface area contributed by atoms with Gasteiger partial charge in [-0.25, -0.2) is 4.98 Å². The van der Waals surface area contributed by atoms with Crippen molar-refractivity contribution in [2.24, 2.45) is 5.73 Å². The summed E-state index contributed by atoms with van der Waals surface area (Å²) in [6.45, 7) is 10.5. The van der Waals surface area contributed by atoms with Gasteiger partial charge in [0, 0.05) is 11.8 Å². The lowest BCUT2D eigenvalue weighted by Crippen LogP contribution is -2.15. The maximum Gasteiger partial charge on any atom is 0.268 e. The van der Waals surface area contributed by atoms with Crippen LogP contribution in [0.5, 0.6) is 0 Å². The molecule has 0 saturated carbocycles. The molecule has 3 rings (SSSR count). The number of carbonyl (C=O) groups is 1. The first-order chi connectivity index (χ1) is 12.4. The molecule has 0 aliphatic rings. The number of amides is 1. The fourth-order valence-electron chi connectivity index (χ4n) is 3.82. The monoisotopic (exact) mass is 349 g/mol. The molecule has 0 fully saturated rings. The van der Waals surface area contributed by atoms with Crippen LogP contribution >= 0.6 is 0 Å². The van der Waals surface area contributed by atoms with E-state index in [0.717, 1.165) is 35.2 Å². The van der Waals surface area contributed by atoms with Crippen molar-refractivity contribution >= 4 is 11.6 Å². The largest absolute Gasteiger partial charge is 0.364 e. The molecule has 26 heavy (non-hydrogen) atoms. The summed E-state index contributed by atoms with van der Waals surface area (Å²) in [5.74, 6) is 0.0133. The average Bonchev–Trinajstić information content (AvgIpc) is 2.96. The molecule has 0 spiro atoms. The summed E-state index contributed by atoms with van der Waals surface area (Å²) in [7, 11) is 0. The highest BCUT2D eigenvalue weighted by Gasteiger charge is 2.22. The first kappa shape index (κ1) is 18.2. The minimum Gasteiger partial charge on any atom is -0.364 e. The molecule has 1 aromatic carbocycles. The van der Waals surface area contributed by atoms with Gasteiger partial charge in [0.05, 0.1) is 0 Å². The van der Waals surface area contributed by atoms with E-state index >= 15 is 0 Å². The number of carbonyl (C=O) groups excluding carboxylic acids is 1. The minimum atomic E-state index is -0.450. The van der Waals surface area contributed by atoms with Gasteiger partial charge in [-0.1, -0.05) is 43.7 Å². The van der Waals surface area contributed by atoms with Gasteiger partial charge in [-0.3, -0.25) is 9.20 Å². The van der Waals surface area contributed by atoms with Crippen LogP contribution in [0, 0.1) is 20.8 Å². The van der Waals surface area contributed by atoms with E-state index in [-0.39, 0.29) is 0 Å². The van der Waals surface area contributed by atoms with Crippen LogP contribution in [0.2, 0.25) is 0 Å². The molecule has 0 atom stereocenters. The molecule has 2 aromatic heterocycles. The van der Waals surface area contributed by atoms with E-state index < -0.39 is 5.91 Å². The van der Waals surface area contributed by atoms with Gasteiger partial charge in [-0.05, 0) is 56.2 Å². The Kier molecular flexibility index (Phi) is 4.86. The zero-order valence-corrected chi connectivity index (χ0v) is 16.3. The maximum atomic E-state index is 12.3. The highest BCUT2D eigenvalue weighted by Crippen LogP contribution is 2.31. The maximum absolute atomic E-state index is 12.3. The number of hydrogen-bond donors (Lipinski definition) is 1. The molecule has 0 aliphatic heterocycles. The Morgan fingerprint density at radius 3 is 2.38 bits per heavy atom. The molecular weight excluding hydrogens is 322 g/mol. The van der Waals surface area contributed by atoms with Crippen LogP contribution in [-0.4, -0.2) is 15.3 Å². The molecule has 0 radical (unpaired) electrons. The van der Waals surface area contributed by atoms with Gasteiger partial charge in [-0.2, -0.15) is 0 Å². The quantitative estimate of drug-likeness (QED) is 0.710. The van der Waals surface area contributed by atoms with Crippen LogP contribution in [0.3, 0.4) is 0 Å². The Balaban J connectivity index is 2.33. The van der Waals surface area contributed by atoms with E-state index in [1.54, 1.807) is 0 Å². The third-order valence-corrected chi connectivity index (χ3v) is 5.25. The molecule has 4 nitrogen and oxygen atoms in total. The molecule has 2 N–H and O–H groups in total. The number of rotatable bonds is 5. The number of pyridine rings is 1. The molecule has 4 heteroatoms. The number of fused-ring (bicyclic) bond motifs is 1. The van der Waals surface area contributed by atoms with Crippen LogP contribution in [-0.2, 0) is 0 Å². The van der Waals surface area contributed by atoms with E-state index in [9.17, 15) is 4.79 Å². The average molecular weight is 349 g/mol. The molecule has 1 amide bonds. The number of nitrogens with two attached hydrogens (primary N) is 1. The van der Waals surface area contributed by atoms with Crippen molar-refractivity contribution in [2.45, 2.75) is 53.4 Å². The van der Waals surface area contributed by atoms with Crippen LogP contribution in [0.25, 0.3) is 16.9 Å². The number of benzene rings is 1. The summed E-state index contributed by atoms with van der Waals surface area (Å²) < 4.78 is 1.89. The zero-order chi connectivity index (χ0) is 19.0. The third-order valence-electron chi connectivity index (χ3n) is 5.25. The van der Waals surface area contributed by atoms with Crippen LogP contribution in [0.15, 0.2) is 30.5 Å². The number of aryl methyl sites for hydroxylation is 3. The van der Waals surface area contributed by atoms with Crippen molar-refractivity contribution < 1.29 is 4.79 Å². The summed E-state index contributed by atoms with van der Waals surface area (Å²) in [6.07, 6.45) is 4.16. The van der Waals surface area contributed by atoms with Crippen molar-refractivity contribution in [3.05, 3.63) is 58.4 Å². The summed E-state index contributed by atoms with van der Waals surface area (Å²) in [5.41, 5.74) is 13.2. The molecule has 2 heterocycles. The van der Waals surface area contributed by atoms with Gasteiger partial charge in [0.2, 0.25) is 0 Å². The topological polar surface area (TPSA) is 60.4 Å². The Morgan fingerprint density at radius 1 is 1.12 bits per heavy atom. The van der Waals surface area contributed by atoms with Crippen LogP contribution in [0.1, 0.15) is 65.3 Å². The Bertz CT molecular complexity index is 981. The second-order valence-electron chi connectivity index (χ2n) is 7.16. The van der Waals surface area contributed by atoms with Crippen molar-refractivity contribution in [1.29, 1.82) is 0 Å². The van der Waals surface area contributed by atoms with E-state index in [2.05, 4.69) is 32.9 Å². The van der Waals surface area contributed by atoms with Gasteiger partial charge < -0.3 is 5.73 Å². The standard InChI is InChI=1S/C22H27N3O/c1-6-16(7-2)17-11-15(5)22-24-19(20(21(23)26)25(22)12-17)18-9-8-13(3)10-14(18)4/h8-12,16H,6-7H2,1-5H3,(H2,23,26). The molecule has 0 unspecified atom stereocenters. The summed E-state index contributed by atoms with van der Waals surface area (Å²) in [5, 5.41) is 0. The van der Waals surface area contributed by atoms with Gasteiger partial charge in [0.15, 0.2) is 0 Å². The smallest absolute Gasteiger partial charge is 0.268 e. The highest BCUT2D eigenvalue weighted by atomic mass is 16.1. The fraction of sp³-hybridized carbons (Fsp3) is 0.364. The Morgan fingerprint density at radius 2 is 1.81 bits per heavy atom. The van der Waals surface area contributed by atoms with E-state index in [0.29, 0.717) is 17.3 Å². The third kappa shape index (κ3) is 3.00. The number of hydrogen-bond acceptors (Lipinski definition) is 2. The lowest BCUT2D eigenvalue weighted by Gasteiger charge is -2.14. The Hall–Kier alpha value is -2.62. The van der Waals surface area contributed by atoms with Crippen molar-refractivity contribution in [1.82, 2.24) is 9.38 Å². The van der Waals surface area contributed by atoms with Gasteiger partial charge >= 0.3 is 0 Å². The first-order valence-corrected chi connectivity index (χ1v) is 9.27. The van der Waals surface area contributed by atoms with E-state index in [4.69, 9.17) is 10.7 Å². The number of nitrogens with zero attached hydrogens (tertiary/aromatic N) is 2. The van der Waals surface area contributed by atoms with Crippen LogP contribution in [0.4, 0.5) is 0 Å². The second kappa shape index (κ2) is 6.94. The Labute approximate surface area is 155 Å². The number of aromatic nitrogens is 2. The molecular formula is C22H27N3O. The predicted octanol–water partition coefficient (Wildman–Crippen LogP) is 4.93. The van der Waals surface area contributed by atoms with Crippen LogP contribution < -0.4 is 5.73 Å². The van der Waals surface area contributed by atoms with E-state index in [1.165, 1.54) is 11.1 Å². The molecule has 3 aromatic rings. The number of primary amides is 1.